The van der Waals surface area contributed by atoms with Gasteiger partial charge in [-0.1, -0.05) is 40.8 Å². The molecule has 0 N–H and O–H groups in total. The van der Waals surface area contributed by atoms with Gasteiger partial charge in [0.2, 0.25) is 0 Å². The molecule has 1 aromatic rings. The maximum Gasteiger partial charge on any atom is 0.389 e. The van der Waals surface area contributed by atoms with E-state index in [-0.39, 0.29) is 13.0 Å². The van der Waals surface area contributed by atoms with E-state index < -0.39 is 24.5 Å². The van der Waals surface area contributed by atoms with Crippen molar-refractivity contribution in [2.45, 2.75) is 25.1 Å². The van der Waals surface area contributed by atoms with Crippen molar-refractivity contribution in [3.63, 3.8) is 0 Å². The Morgan fingerprint density at radius 2 is 1.89 bits per heavy atom. The van der Waals surface area contributed by atoms with Crippen LogP contribution in [0.5, 0.6) is 0 Å². The minimum Gasteiger partial charge on any atom is -0.373 e. The Hall–Kier alpha value is -0.370. The summed E-state index contributed by atoms with van der Waals surface area (Å²) in [6.45, 7) is -0.0263. The van der Waals surface area contributed by atoms with Gasteiger partial charge in [0, 0.05) is 23.0 Å². The number of ether oxygens (including phenoxy) is 1. The predicted octanol–water partition coefficient (Wildman–Crippen LogP) is 4.66. The molecule has 0 saturated heterocycles. The Kier molecular flexibility index (Phi) is 6.34. The largest absolute Gasteiger partial charge is 0.389 e. The molecule has 1 atom stereocenters. The van der Waals surface area contributed by atoms with Gasteiger partial charge in [0.1, 0.15) is 5.82 Å². The van der Waals surface area contributed by atoms with E-state index in [1.165, 1.54) is 6.07 Å². The Bertz CT molecular complexity index is 367. The van der Waals surface area contributed by atoms with E-state index >= 15 is 0 Å². The van der Waals surface area contributed by atoms with Gasteiger partial charge >= 0.3 is 6.18 Å². The van der Waals surface area contributed by atoms with Crippen molar-refractivity contribution in [2.24, 2.45) is 0 Å². The van der Waals surface area contributed by atoms with E-state index in [1.54, 1.807) is 18.2 Å². The summed E-state index contributed by atoms with van der Waals surface area (Å²) in [4.78, 5) is 0. The highest BCUT2D eigenvalue weighted by Gasteiger charge is 2.26. The summed E-state index contributed by atoms with van der Waals surface area (Å²) in [5, 5.41) is 0. The topological polar surface area (TPSA) is 9.23 Å². The average molecular weight is 376 g/mol. The van der Waals surface area contributed by atoms with Crippen molar-refractivity contribution < 1.29 is 22.3 Å². The number of hydrogen-bond acceptors (Lipinski definition) is 1. The van der Waals surface area contributed by atoms with Gasteiger partial charge in [-0.15, -0.1) is 0 Å². The number of rotatable bonds is 6. The summed E-state index contributed by atoms with van der Waals surface area (Å²) in [5.74, 6) is -0.394. The number of halogens is 5. The highest BCUT2D eigenvalue weighted by Crippen LogP contribution is 2.25. The molecule has 1 rings (SSSR count). The van der Waals surface area contributed by atoms with Crippen LogP contribution in [0.15, 0.2) is 24.3 Å². The molecule has 0 fully saturated rings. The molecule has 0 spiro atoms. The molecule has 1 nitrogen and oxygen atoms in total. The second kappa shape index (κ2) is 7.28. The standard InChI is InChI=1S/C12H13F4IO/c13-10-5-2-1-4-9(10)11(8-17)18-7-3-6-12(14,15)16/h1-2,4-5,11H,3,6-8H2. The quantitative estimate of drug-likeness (QED) is 0.304. The summed E-state index contributed by atoms with van der Waals surface area (Å²) in [5.41, 5.74) is 0.388. The molecule has 0 aliphatic heterocycles. The normalized spacial score (nSPS) is 13.6. The Labute approximate surface area is 117 Å². The lowest BCUT2D eigenvalue weighted by Gasteiger charge is -2.16. The monoisotopic (exact) mass is 376 g/mol. The van der Waals surface area contributed by atoms with E-state index in [0.717, 1.165) is 0 Å². The van der Waals surface area contributed by atoms with Crippen LogP contribution < -0.4 is 0 Å². The van der Waals surface area contributed by atoms with E-state index in [1.807, 2.05) is 22.6 Å². The summed E-state index contributed by atoms with van der Waals surface area (Å²) in [7, 11) is 0. The van der Waals surface area contributed by atoms with Crippen molar-refractivity contribution in [2.75, 3.05) is 11.0 Å². The lowest BCUT2D eigenvalue weighted by Crippen LogP contribution is -2.12. The molecule has 0 aliphatic carbocycles. The van der Waals surface area contributed by atoms with Gasteiger partial charge in [0.05, 0.1) is 6.10 Å². The van der Waals surface area contributed by atoms with Gasteiger partial charge in [-0.3, -0.25) is 0 Å². The van der Waals surface area contributed by atoms with E-state index in [0.29, 0.717) is 9.99 Å². The lowest BCUT2D eigenvalue weighted by molar-refractivity contribution is -0.138. The molecule has 0 aliphatic rings. The fraction of sp³-hybridized carbons (Fsp3) is 0.500. The molecule has 0 aromatic heterocycles. The molecule has 18 heavy (non-hydrogen) atoms. The van der Waals surface area contributed by atoms with Crippen LogP contribution in [0, 0.1) is 5.82 Å². The molecule has 0 amide bonds. The molecule has 1 unspecified atom stereocenters. The van der Waals surface area contributed by atoms with Crippen LogP contribution in [0.3, 0.4) is 0 Å². The molecule has 102 valence electrons. The van der Waals surface area contributed by atoms with Crippen LogP contribution in [-0.2, 0) is 4.74 Å². The zero-order valence-corrected chi connectivity index (χ0v) is 11.7. The maximum atomic E-state index is 13.5. The highest BCUT2D eigenvalue weighted by atomic mass is 127. The summed E-state index contributed by atoms with van der Waals surface area (Å²) in [6, 6.07) is 6.14. The van der Waals surface area contributed by atoms with Crippen LogP contribution >= 0.6 is 22.6 Å². The van der Waals surface area contributed by atoms with Crippen molar-refractivity contribution in [1.82, 2.24) is 0 Å². The van der Waals surface area contributed by atoms with Crippen LogP contribution in [0.2, 0.25) is 0 Å². The minimum absolute atomic E-state index is 0.0263. The van der Waals surface area contributed by atoms with E-state index in [4.69, 9.17) is 4.74 Å². The van der Waals surface area contributed by atoms with Gasteiger partial charge in [0.15, 0.2) is 0 Å². The van der Waals surface area contributed by atoms with Crippen molar-refractivity contribution in [3.05, 3.63) is 35.6 Å². The minimum atomic E-state index is -4.17. The molecular formula is C12H13F4IO. The Morgan fingerprint density at radius 3 is 2.44 bits per heavy atom. The summed E-state index contributed by atoms with van der Waals surface area (Å²) in [6.07, 6.45) is -5.65. The third-order valence-electron chi connectivity index (χ3n) is 2.32. The fourth-order valence-corrected chi connectivity index (χ4v) is 2.18. The second-order valence-corrected chi connectivity index (χ2v) is 4.63. The Morgan fingerprint density at radius 1 is 1.22 bits per heavy atom. The third kappa shape index (κ3) is 5.51. The number of hydrogen-bond donors (Lipinski definition) is 0. The lowest BCUT2D eigenvalue weighted by atomic mass is 10.1. The van der Waals surface area contributed by atoms with Crippen LogP contribution in [0.25, 0.3) is 0 Å². The molecule has 6 heteroatoms. The van der Waals surface area contributed by atoms with Crippen LogP contribution in [0.4, 0.5) is 17.6 Å². The smallest absolute Gasteiger partial charge is 0.373 e. The summed E-state index contributed by atoms with van der Waals surface area (Å²) < 4.78 is 55.1. The third-order valence-corrected chi connectivity index (χ3v) is 3.12. The average Bonchev–Trinajstić information content (AvgIpc) is 2.29. The van der Waals surface area contributed by atoms with Crippen molar-refractivity contribution in [1.29, 1.82) is 0 Å². The summed E-state index contributed by atoms with van der Waals surface area (Å²) >= 11 is 2.02. The van der Waals surface area contributed by atoms with E-state index in [9.17, 15) is 17.6 Å². The molecular weight excluding hydrogens is 363 g/mol. The highest BCUT2D eigenvalue weighted by molar-refractivity contribution is 14.1. The first-order valence-electron chi connectivity index (χ1n) is 5.43. The van der Waals surface area contributed by atoms with Gasteiger partial charge in [0.25, 0.3) is 0 Å². The SMILES string of the molecule is Fc1ccccc1C(CI)OCCCC(F)(F)F. The first-order chi connectivity index (χ1) is 8.44. The molecule has 0 radical (unpaired) electrons. The number of alkyl halides is 4. The maximum absolute atomic E-state index is 13.5. The fourth-order valence-electron chi connectivity index (χ4n) is 1.45. The molecule has 0 bridgehead atoms. The Balaban J connectivity index is 2.46. The van der Waals surface area contributed by atoms with Crippen LogP contribution in [-0.4, -0.2) is 17.2 Å². The van der Waals surface area contributed by atoms with Crippen molar-refractivity contribution in [3.8, 4) is 0 Å². The molecule has 1 aromatic carbocycles. The molecule has 0 heterocycles. The van der Waals surface area contributed by atoms with Crippen molar-refractivity contribution >= 4 is 22.6 Å². The first-order valence-corrected chi connectivity index (χ1v) is 6.95. The molecule has 0 saturated carbocycles. The second-order valence-electron chi connectivity index (χ2n) is 3.75. The number of benzene rings is 1. The zero-order valence-electron chi connectivity index (χ0n) is 9.51. The zero-order chi connectivity index (χ0) is 13.6. The van der Waals surface area contributed by atoms with Gasteiger partial charge in [-0.2, -0.15) is 13.2 Å². The van der Waals surface area contributed by atoms with E-state index in [2.05, 4.69) is 0 Å². The van der Waals surface area contributed by atoms with Gasteiger partial charge < -0.3 is 4.74 Å². The van der Waals surface area contributed by atoms with Gasteiger partial charge in [-0.05, 0) is 12.5 Å². The van der Waals surface area contributed by atoms with Gasteiger partial charge in [-0.25, -0.2) is 4.39 Å². The predicted molar refractivity (Wildman–Crippen MR) is 69.3 cm³/mol. The first kappa shape index (κ1) is 15.7. The van der Waals surface area contributed by atoms with Crippen LogP contribution in [0.1, 0.15) is 24.5 Å².